The Morgan fingerprint density at radius 2 is 1.77 bits per heavy atom. The Balaban J connectivity index is 0.00000480. The van der Waals surface area contributed by atoms with E-state index in [0.717, 1.165) is 49.3 Å². The molecule has 0 aromatic heterocycles. The van der Waals surface area contributed by atoms with E-state index in [0.29, 0.717) is 5.69 Å². The Labute approximate surface area is 192 Å². The standard InChI is InChI=1S/C25H32N4O.ClH/c1-5-8-9-20-10-12-22(13-11-20)28-25(30)21(17-26)18-27-24-15-14-23(16-19(24)4)29(6-2)7-3;/h10-16,18,27H,5-9H2,1-4H3,(H,28,30);1H/p-1/b21-18-;. The number of anilines is 3. The molecular weight excluding hydrogens is 408 g/mol. The number of hydrogen-bond donors (Lipinski definition) is 2. The molecule has 2 aromatic carbocycles. The minimum absolute atomic E-state index is 0. The molecule has 2 aromatic rings. The van der Waals surface area contributed by atoms with Crippen molar-refractivity contribution in [3.05, 3.63) is 65.4 Å². The van der Waals surface area contributed by atoms with Crippen LogP contribution in [0.15, 0.2) is 54.2 Å². The lowest BCUT2D eigenvalue weighted by Crippen LogP contribution is -3.00. The van der Waals surface area contributed by atoms with Gasteiger partial charge in [-0.25, -0.2) is 0 Å². The predicted molar refractivity (Wildman–Crippen MR) is 126 cm³/mol. The van der Waals surface area contributed by atoms with Gasteiger partial charge in [0, 0.05) is 36.4 Å². The first-order chi connectivity index (χ1) is 14.5. The van der Waals surface area contributed by atoms with Gasteiger partial charge in [-0.3, -0.25) is 4.79 Å². The summed E-state index contributed by atoms with van der Waals surface area (Å²) in [5.74, 6) is -0.427. The van der Waals surface area contributed by atoms with Gasteiger partial charge in [0.15, 0.2) is 0 Å². The molecule has 166 valence electrons. The van der Waals surface area contributed by atoms with Crippen molar-refractivity contribution in [1.29, 1.82) is 5.26 Å². The zero-order valence-corrected chi connectivity index (χ0v) is 19.6. The van der Waals surface area contributed by atoms with Crippen LogP contribution >= 0.6 is 0 Å². The fourth-order valence-electron chi connectivity index (χ4n) is 3.23. The van der Waals surface area contributed by atoms with Crippen molar-refractivity contribution in [1.82, 2.24) is 0 Å². The van der Waals surface area contributed by atoms with Crippen molar-refractivity contribution in [3.63, 3.8) is 0 Å². The fraction of sp³-hybridized carbons (Fsp3) is 0.360. The minimum atomic E-state index is -0.427. The molecule has 0 saturated heterocycles. The summed E-state index contributed by atoms with van der Waals surface area (Å²) < 4.78 is 0. The van der Waals surface area contributed by atoms with E-state index in [9.17, 15) is 10.1 Å². The first-order valence-corrected chi connectivity index (χ1v) is 10.6. The maximum absolute atomic E-state index is 12.5. The number of aryl methyl sites for hydroxylation is 2. The van der Waals surface area contributed by atoms with E-state index in [1.54, 1.807) is 0 Å². The number of benzene rings is 2. The predicted octanol–water partition coefficient (Wildman–Crippen LogP) is 2.65. The zero-order chi connectivity index (χ0) is 21.9. The number of amides is 1. The lowest BCUT2D eigenvalue weighted by Gasteiger charge is -2.22. The summed E-state index contributed by atoms with van der Waals surface area (Å²) in [5, 5.41) is 15.3. The number of nitrogens with one attached hydrogen (secondary N) is 2. The number of carbonyl (C=O) groups is 1. The summed E-state index contributed by atoms with van der Waals surface area (Å²) in [6.07, 6.45) is 4.79. The lowest BCUT2D eigenvalue weighted by atomic mass is 10.1. The summed E-state index contributed by atoms with van der Waals surface area (Å²) in [7, 11) is 0. The number of hydrogen-bond acceptors (Lipinski definition) is 4. The molecule has 0 radical (unpaired) electrons. The topological polar surface area (TPSA) is 68.2 Å². The SMILES string of the molecule is CCCCc1ccc(NC(=O)/C(C#N)=C\Nc2ccc(N(CC)CC)cc2C)cc1.[Cl-]. The van der Waals surface area contributed by atoms with Gasteiger partial charge in [0.1, 0.15) is 11.6 Å². The Hall–Kier alpha value is -2.97. The number of nitrogens with zero attached hydrogens (tertiary/aromatic N) is 2. The van der Waals surface area contributed by atoms with Crippen LogP contribution in [0.3, 0.4) is 0 Å². The van der Waals surface area contributed by atoms with Crippen LogP contribution in [0.5, 0.6) is 0 Å². The highest BCUT2D eigenvalue weighted by Crippen LogP contribution is 2.23. The van der Waals surface area contributed by atoms with Gasteiger partial charge < -0.3 is 27.9 Å². The van der Waals surface area contributed by atoms with Crippen molar-refractivity contribution in [2.75, 3.05) is 28.6 Å². The second-order valence-electron chi connectivity index (χ2n) is 7.24. The summed E-state index contributed by atoms with van der Waals surface area (Å²) in [4.78, 5) is 14.8. The van der Waals surface area contributed by atoms with E-state index >= 15 is 0 Å². The van der Waals surface area contributed by atoms with Gasteiger partial charge in [0.2, 0.25) is 0 Å². The molecule has 0 aliphatic rings. The molecule has 0 unspecified atom stereocenters. The van der Waals surface area contributed by atoms with Crippen LogP contribution in [-0.4, -0.2) is 19.0 Å². The molecule has 0 saturated carbocycles. The fourth-order valence-corrected chi connectivity index (χ4v) is 3.23. The Kier molecular flexibility index (Phi) is 11.2. The average Bonchev–Trinajstić information content (AvgIpc) is 2.75. The number of halogens is 1. The van der Waals surface area contributed by atoms with Gasteiger partial charge in [-0.1, -0.05) is 25.5 Å². The van der Waals surface area contributed by atoms with E-state index in [1.807, 2.05) is 49.4 Å². The number of unbranched alkanes of at least 4 members (excludes halogenated alkanes) is 1. The largest absolute Gasteiger partial charge is 1.00 e. The van der Waals surface area contributed by atoms with Crippen LogP contribution in [0.4, 0.5) is 17.1 Å². The van der Waals surface area contributed by atoms with E-state index in [4.69, 9.17) is 0 Å². The van der Waals surface area contributed by atoms with Crippen molar-refractivity contribution in [2.24, 2.45) is 0 Å². The highest BCUT2D eigenvalue weighted by atomic mass is 35.5. The van der Waals surface area contributed by atoms with Crippen LogP contribution in [-0.2, 0) is 11.2 Å². The number of rotatable bonds is 10. The van der Waals surface area contributed by atoms with Gasteiger partial charge in [0.25, 0.3) is 5.91 Å². The maximum atomic E-state index is 12.5. The second kappa shape index (κ2) is 13.4. The Morgan fingerprint density at radius 1 is 1.10 bits per heavy atom. The van der Waals surface area contributed by atoms with E-state index in [2.05, 4.69) is 42.4 Å². The minimum Gasteiger partial charge on any atom is -1.00 e. The third-order valence-corrected chi connectivity index (χ3v) is 5.11. The van der Waals surface area contributed by atoms with Gasteiger partial charge in [0.05, 0.1) is 0 Å². The van der Waals surface area contributed by atoms with Gasteiger partial charge in [-0.05, 0) is 75.1 Å². The van der Waals surface area contributed by atoms with E-state index in [-0.39, 0.29) is 18.0 Å². The van der Waals surface area contributed by atoms with Crippen molar-refractivity contribution >= 4 is 23.0 Å². The Morgan fingerprint density at radius 3 is 2.32 bits per heavy atom. The second-order valence-corrected chi connectivity index (χ2v) is 7.24. The third kappa shape index (κ3) is 7.66. The summed E-state index contributed by atoms with van der Waals surface area (Å²) in [5.41, 5.74) is 5.03. The third-order valence-electron chi connectivity index (χ3n) is 5.11. The number of carbonyl (C=O) groups excluding carboxylic acids is 1. The first kappa shape index (κ1) is 26.1. The molecule has 2 rings (SSSR count). The summed E-state index contributed by atoms with van der Waals surface area (Å²) >= 11 is 0. The monoisotopic (exact) mass is 439 g/mol. The quantitative estimate of drug-likeness (QED) is 0.441. The maximum Gasteiger partial charge on any atom is 0.267 e. The average molecular weight is 440 g/mol. The molecule has 0 spiro atoms. The highest BCUT2D eigenvalue weighted by molar-refractivity contribution is 6.06. The first-order valence-electron chi connectivity index (χ1n) is 10.6. The molecule has 1 amide bonds. The molecule has 0 aliphatic heterocycles. The van der Waals surface area contributed by atoms with Gasteiger partial charge in [-0.2, -0.15) is 5.26 Å². The van der Waals surface area contributed by atoms with Crippen molar-refractivity contribution in [3.8, 4) is 6.07 Å². The lowest BCUT2D eigenvalue weighted by molar-refractivity contribution is -0.112. The normalized spacial score (nSPS) is 10.6. The molecule has 6 heteroatoms. The molecule has 0 fully saturated rings. The van der Waals surface area contributed by atoms with E-state index < -0.39 is 5.91 Å². The smallest absolute Gasteiger partial charge is 0.267 e. The molecule has 0 heterocycles. The molecule has 0 atom stereocenters. The number of nitriles is 1. The van der Waals surface area contributed by atoms with Crippen LogP contribution < -0.4 is 27.9 Å². The highest BCUT2D eigenvalue weighted by Gasteiger charge is 2.10. The van der Waals surface area contributed by atoms with Crippen LogP contribution in [0.1, 0.15) is 44.7 Å². The molecule has 0 aliphatic carbocycles. The molecule has 31 heavy (non-hydrogen) atoms. The van der Waals surface area contributed by atoms with Gasteiger partial charge >= 0.3 is 0 Å². The van der Waals surface area contributed by atoms with Crippen LogP contribution in [0.25, 0.3) is 0 Å². The molecule has 2 N–H and O–H groups in total. The molecule has 0 bridgehead atoms. The summed E-state index contributed by atoms with van der Waals surface area (Å²) in [6, 6.07) is 15.9. The van der Waals surface area contributed by atoms with Crippen LogP contribution in [0, 0.1) is 18.3 Å². The zero-order valence-electron chi connectivity index (χ0n) is 18.8. The molecular formula is C25H32ClN4O-. The Bertz CT molecular complexity index is 912. The molecule has 5 nitrogen and oxygen atoms in total. The van der Waals surface area contributed by atoms with E-state index in [1.165, 1.54) is 11.8 Å². The van der Waals surface area contributed by atoms with Gasteiger partial charge in [-0.15, -0.1) is 0 Å². The van der Waals surface area contributed by atoms with Crippen molar-refractivity contribution < 1.29 is 17.2 Å². The summed E-state index contributed by atoms with van der Waals surface area (Å²) in [6.45, 7) is 10.3. The van der Waals surface area contributed by atoms with Crippen molar-refractivity contribution in [2.45, 2.75) is 47.0 Å². The van der Waals surface area contributed by atoms with Crippen LogP contribution in [0.2, 0.25) is 0 Å².